The Kier molecular flexibility index (Phi) is 14.4. The molecule has 12 aromatic rings. The lowest BCUT2D eigenvalue weighted by atomic mass is 9.31. The van der Waals surface area contributed by atoms with E-state index in [9.17, 15) is 0 Å². The molecule has 0 aliphatic carbocycles. The third-order valence-electron chi connectivity index (χ3n) is 19.5. The van der Waals surface area contributed by atoms with Crippen molar-refractivity contribution in [1.29, 1.82) is 0 Å². The summed E-state index contributed by atoms with van der Waals surface area (Å²) in [6, 6.07) is 103. The van der Waals surface area contributed by atoms with Crippen molar-refractivity contribution in [1.82, 2.24) is 0 Å². The van der Waals surface area contributed by atoms with Crippen molar-refractivity contribution in [3.05, 3.63) is 295 Å². The molecule has 0 unspecified atom stereocenters. The minimum Gasteiger partial charge on any atom is -0.311 e. The number of nitrogens with zero attached hydrogens (tertiary/aromatic N) is 5. The first-order chi connectivity index (χ1) is 45.0. The van der Waals surface area contributed by atoms with Crippen molar-refractivity contribution < 1.29 is 0 Å². The van der Waals surface area contributed by atoms with Crippen LogP contribution >= 0.6 is 11.8 Å². The molecule has 0 saturated carbocycles. The molecule has 0 bridgehead atoms. The summed E-state index contributed by atoms with van der Waals surface area (Å²) in [5.41, 5.74) is 30.6. The third-order valence-corrected chi connectivity index (χ3v) is 20.6. The molecule has 4 heterocycles. The highest BCUT2D eigenvalue weighted by Gasteiger charge is 2.48. The van der Waals surface area contributed by atoms with Gasteiger partial charge in [0.2, 0.25) is 6.71 Å². The molecule has 0 spiro atoms. The average molecular weight is 1210 g/mol. The van der Waals surface area contributed by atoms with Crippen molar-refractivity contribution >= 4 is 143 Å². The van der Waals surface area contributed by atoms with Crippen LogP contribution in [-0.4, -0.2) is 13.4 Å². The van der Waals surface area contributed by atoms with Gasteiger partial charge in [-0.25, -0.2) is 0 Å². The van der Waals surface area contributed by atoms with E-state index in [2.05, 4.69) is 353 Å². The molecule has 0 amide bonds. The van der Waals surface area contributed by atoms with E-state index in [0.29, 0.717) is 0 Å². The van der Waals surface area contributed by atoms with Gasteiger partial charge >= 0.3 is 0 Å². The summed E-state index contributed by atoms with van der Waals surface area (Å²) >= 11 is 1.94. The zero-order valence-electron chi connectivity index (χ0n) is 53.6. The number of fused-ring (bicyclic) bond motifs is 8. The normalized spacial score (nSPS) is 13.2. The average Bonchev–Trinajstić information content (AvgIpc) is 0.690. The van der Waals surface area contributed by atoms with Crippen LogP contribution in [0.3, 0.4) is 0 Å². The molecule has 4 aliphatic rings. The van der Waals surface area contributed by atoms with E-state index in [1.165, 1.54) is 122 Å². The molecule has 4 aliphatic heterocycles. The SMILES string of the molecule is CC(C)c1ccccc1N(c1cc2c3c(c1)N(c1ccccc1)c1ccccc1B3c1cc3c(cc1S2)N(c1ccccc1)c1cc(N(c2ccccc2C(C)C)c2ccccc2C(C)C)cc2c1B3c1ccccc1N2c1ccccc1)c1ccccc1C(C)C. The molecule has 446 valence electrons. The predicted molar refractivity (Wildman–Crippen MR) is 396 cm³/mol. The maximum absolute atomic E-state index is 2.66. The fourth-order valence-corrected chi connectivity index (χ4v) is 16.7. The first-order valence-electron chi connectivity index (χ1n) is 32.9. The van der Waals surface area contributed by atoms with E-state index in [1.807, 2.05) is 11.8 Å². The maximum Gasteiger partial charge on any atom is 0.252 e. The summed E-state index contributed by atoms with van der Waals surface area (Å²) < 4.78 is 0. The van der Waals surface area contributed by atoms with Crippen molar-refractivity contribution in [2.75, 3.05) is 24.5 Å². The second-order valence-electron chi connectivity index (χ2n) is 26.3. The molecule has 0 N–H and O–H groups in total. The Morgan fingerprint density at radius 1 is 0.272 bits per heavy atom. The van der Waals surface area contributed by atoms with Crippen LogP contribution in [0.25, 0.3) is 0 Å². The lowest BCUT2D eigenvalue weighted by molar-refractivity contribution is 0.854. The molecule has 5 nitrogen and oxygen atoms in total. The van der Waals surface area contributed by atoms with Crippen LogP contribution in [0.2, 0.25) is 0 Å². The number of hydrogen-bond acceptors (Lipinski definition) is 6. The molecular formula is C84H73B2N5S. The van der Waals surface area contributed by atoms with Crippen LogP contribution < -0.4 is 57.3 Å². The molecule has 0 atom stereocenters. The summed E-state index contributed by atoms with van der Waals surface area (Å²) in [5, 5.41) is 0. The van der Waals surface area contributed by atoms with Gasteiger partial charge in [-0.15, -0.1) is 0 Å². The summed E-state index contributed by atoms with van der Waals surface area (Å²) in [4.78, 5) is 15.4. The summed E-state index contributed by atoms with van der Waals surface area (Å²) in [7, 11) is 0. The lowest BCUT2D eigenvalue weighted by Gasteiger charge is -2.46. The van der Waals surface area contributed by atoms with Crippen molar-refractivity contribution in [2.45, 2.75) is 88.9 Å². The smallest absolute Gasteiger partial charge is 0.252 e. The molecular weight excluding hydrogens is 1130 g/mol. The highest BCUT2D eigenvalue weighted by Crippen LogP contribution is 2.53. The minimum absolute atomic E-state index is 0.0743. The van der Waals surface area contributed by atoms with Gasteiger partial charge < -0.3 is 24.5 Å². The molecule has 0 saturated heterocycles. The van der Waals surface area contributed by atoms with Gasteiger partial charge in [0.15, 0.2) is 0 Å². The monoisotopic (exact) mass is 1210 g/mol. The van der Waals surface area contributed by atoms with Crippen molar-refractivity contribution in [2.24, 2.45) is 0 Å². The molecule has 0 aromatic heterocycles. The van der Waals surface area contributed by atoms with Gasteiger partial charge in [0, 0.05) is 89.4 Å². The van der Waals surface area contributed by atoms with Crippen molar-refractivity contribution in [3.8, 4) is 0 Å². The molecule has 0 fully saturated rings. The highest BCUT2D eigenvalue weighted by molar-refractivity contribution is 8.00. The zero-order valence-corrected chi connectivity index (χ0v) is 54.4. The second kappa shape index (κ2) is 23.1. The third kappa shape index (κ3) is 9.31. The van der Waals surface area contributed by atoms with E-state index in [1.54, 1.807) is 0 Å². The zero-order chi connectivity index (χ0) is 62.5. The van der Waals surface area contributed by atoms with Gasteiger partial charge in [-0.05, 0) is 176 Å². The summed E-state index contributed by atoms with van der Waals surface area (Å²) in [6.07, 6.45) is 0. The van der Waals surface area contributed by atoms with Crippen molar-refractivity contribution in [3.63, 3.8) is 0 Å². The maximum atomic E-state index is 2.66. The summed E-state index contributed by atoms with van der Waals surface area (Å²) in [5.74, 6) is 1.12. The standard InChI is InChI=1S/C84H73B2N5S/c1-54(2)63-36-18-24-42-71(63)90(72-43-25-19-37-64(72)55(3)4)61-48-78-83-79(49-61)89(60-34-16-11-17-35-60)77-53-81-70(52-69(77)85(83)67-40-22-28-46-75(67)87(78)58-30-12-9-13-31-58)86-68-41-23-29-47-76(68)88(59-32-14-10-15-33-59)80-50-62(51-82(92-81)84(80)86)91(73-44-26-20-38-65(73)56(5)6)74-45-27-21-39-66(74)57(7)8/h9-57H,1-8H3. The Bertz CT molecular complexity index is 4710. The first-order valence-corrected chi connectivity index (χ1v) is 33.7. The quantitative estimate of drug-likeness (QED) is 0.106. The van der Waals surface area contributed by atoms with Gasteiger partial charge in [0.1, 0.15) is 0 Å². The lowest BCUT2D eigenvalue weighted by Crippen LogP contribution is -2.64. The Morgan fingerprint density at radius 2 is 0.598 bits per heavy atom. The first kappa shape index (κ1) is 57.3. The van der Waals surface area contributed by atoms with Crippen LogP contribution in [-0.2, 0) is 0 Å². The topological polar surface area (TPSA) is 16.2 Å². The van der Waals surface area contributed by atoms with Gasteiger partial charge in [-0.3, -0.25) is 0 Å². The highest BCUT2D eigenvalue weighted by atomic mass is 32.2. The van der Waals surface area contributed by atoms with E-state index >= 15 is 0 Å². The number of anilines is 15. The van der Waals surface area contributed by atoms with E-state index in [4.69, 9.17) is 0 Å². The Morgan fingerprint density at radius 3 is 1.00 bits per heavy atom. The van der Waals surface area contributed by atoms with Crippen LogP contribution in [0, 0.1) is 0 Å². The molecule has 16 rings (SSSR count). The van der Waals surface area contributed by atoms with Gasteiger partial charge in [0.05, 0.1) is 5.69 Å². The van der Waals surface area contributed by atoms with Gasteiger partial charge in [0.25, 0.3) is 6.71 Å². The molecule has 92 heavy (non-hydrogen) atoms. The largest absolute Gasteiger partial charge is 0.311 e. The number of para-hydroxylation sites is 9. The van der Waals surface area contributed by atoms with Gasteiger partial charge in [-0.2, -0.15) is 0 Å². The number of benzene rings is 12. The fraction of sp³-hybridized carbons (Fsp3) is 0.143. The van der Waals surface area contributed by atoms with E-state index < -0.39 is 0 Å². The Labute approximate surface area is 548 Å². The van der Waals surface area contributed by atoms with Crippen LogP contribution in [0.5, 0.6) is 0 Å². The summed E-state index contributed by atoms with van der Waals surface area (Å²) in [6.45, 7) is 18.4. The fourth-order valence-electron chi connectivity index (χ4n) is 15.5. The van der Waals surface area contributed by atoms with Crippen LogP contribution in [0.4, 0.5) is 85.3 Å². The number of rotatable bonds is 13. The Balaban J connectivity index is 0.995. The van der Waals surface area contributed by atoms with E-state index in [0.717, 1.165) is 28.4 Å². The molecule has 8 heteroatoms. The van der Waals surface area contributed by atoms with E-state index in [-0.39, 0.29) is 37.1 Å². The molecule has 12 aromatic carbocycles. The minimum atomic E-state index is -0.117. The second-order valence-corrected chi connectivity index (χ2v) is 27.4. The predicted octanol–water partition coefficient (Wildman–Crippen LogP) is 20.0. The van der Waals surface area contributed by atoms with Gasteiger partial charge in [-0.1, -0.05) is 242 Å². The number of hydrogen-bond donors (Lipinski definition) is 0. The molecule has 0 radical (unpaired) electrons. The Hall–Kier alpha value is -9.88. The van der Waals surface area contributed by atoms with Crippen LogP contribution in [0.1, 0.15) is 101 Å². The van der Waals surface area contributed by atoms with Crippen LogP contribution in [0.15, 0.2) is 283 Å².